The van der Waals surface area contributed by atoms with Crippen LogP contribution in [0.3, 0.4) is 0 Å². The average Bonchev–Trinajstić information content (AvgIpc) is 2.92. The molecule has 0 spiro atoms. The Balaban J connectivity index is 1.99. The maximum absolute atomic E-state index is 12.4. The third kappa shape index (κ3) is 3.48. The van der Waals surface area contributed by atoms with Gasteiger partial charge in [0.1, 0.15) is 5.00 Å². The SMILES string of the molecule is CCOC(=O)c1c(N=Cc2ccccc2Cl)sc2c1CCCC2. The molecule has 120 valence electrons. The number of thiophene rings is 1. The van der Waals surface area contributed by atoms with Crippen molar-refractivity contribution in [2.24, 2.45) is 4.99 Å². The van der Waals surface area contributed by atoms with E-state index in [-0.39, 0.29) is 5.97 Å². The van der Waals surface area contributed by atoms with E-state index < -0.39 is 0 Å². The van der Waals surface area contributed by atoms with Crippen molar-refractivity contribution in [3.63, 3.8) is 0 Å². The molecule has 1 aliphatic rings. The number of ether oxygens (including phenoxy) is 1. The van der Waals surface area contributed by atoms with E-state index in [9.17, 15) is 4.79 Å². The lowest BCUT2D eigenvalue weighted by atomic mass is 9.95. The van der Waals surface area contributed by atoms with Gasteiger partial charge in [-0.15, -0.1) is 11.3 Å². The van der Waals surface area contributed by atoms with E-state index in [0.29, 0.717) is 17.2 Å². The molecule has 1 aromatic heterocycles. The molecule has 0 atom stereocenters. The zero-order chi connectivity index (χ0) is 16.2. The molecule has 0 aliphatic heterocycles. The van der Waals surface area contributed by atoms with Crippen molar-refractivity contribution >= 4 is 40.1 Å². The lowest BCUT2D eigenvalue weighted by molar-refractivity contribution is 0.0526. The standard InChI is InChI=1S/C18H18ClNO2S/c1-2-22-18(21)16-13-8-4-6-10-15(13)23-17(16)20-11-12-7-3-5-9-14(12)19/h3,5,7,9,11H,2,4,6,8,10H2,1H3. The molecular weight excluding hydrogens is 330 g/mol. The Morgan fingerprint density at radius 2 is 2.13 bits per heavy atom. The van der Waals surface area contributed by atoms with Gasteiger partial charge < -0.3 is 4.74 Å². The van der Waals surface area contributed by atoms with Gasteiger partial charge >= 0.3 is 5.97 Å². The number of benzene rings is 1. The highest BCUT2D eigenvalue weighted by Crippen LogP contribution is 2.40. The van der Waals surface area contributed by atoms with E-state index in [2.05, 4.69) is 4.99 Å². The Morgan fingerprint density at radius 3 is 2.91 bits per heavy atom. The number of halogens is 1. The van der Waals surface area contributed by atoms with Gasteiger partial charge in [-0.2, -0.15) is 0 Å². The number of aryl methyl sites for hydroxylation is 1. The van der Waals surface area contributed by atoms with Crippen LogP contribution in [0.5, 0.6) is 0 Å². The number of nitrogens with zero attached hydrogens (tertiary/aromatic N) is 1. The van der Waals surface area contributed by atoms with Crippen molar-refractivity contribution < 1.29 is 9.53 Å². The zero-order valence-corrected chi connectivity index (χ0v) is 14.5. The predicted octanol–water partition coefficient (Wildman–Crippen LogP) is 5.21. The van der Waals surface area contributed by atoms with Crippen LogP contribution in [0.15, 0.2) is 29.3 Å². The quantitative estimate of drug-likeness (QED) is 0.562. The Bertz CT molecular complexity index is 751. The fourth-order valence-electron chi connectivity index (χ4n) is 2.76. The van der Waals surface area contributed by atoms with Crippen molar-refractivity contribution in [1.82, 2.24) is 0 Å². The summed E-state index contributed by atoms with van der Waals surface area (Å²) in [6.07, 6.45) is 5.96. The highest BCUT2D eigenvalue weighted by atomic mass is 35.5. The van der Waals surface area contributed by atoms with Crippen LogP contribution in [0.2, 0.25) is 5.02 Å². The van der Waals surface area contributed by atoms with Gasteiger partial charge in [-0.3, -0.25) is 0 Å². The second-order valence-corrected chi connectivity index (χ2v) is 6.88. The van der Waals surface area contributed by atoms with Gasteiger partial charge in [-0.1, -0.05) is 29.8 Å². The first-order valence-electron chi connectivity index (χ1n) is 7.81. The van der Waals surface area contributed by atoms with E-state index >= 15 is 0 Å². The number of fused-ring (bicyclic) bond motifs is 1. The largest absolute Gasteiger partial charge is 0.462 e. The first-order chi connectivity index (χ1) is 11.2. The van der Waals surface area contributed by atoms with Crippen LogP contribution < -0.4 is 0 Å². The van der Waals surface area contributed by atoms with E-state index in [1.54, 1.807) is 17.6 Å². The van der Waals surface area contributed by atoms with Gasteiger partial charge in [0.2, 0.25) is 0 Å². The molecule has 0 saturated carbocycles. The van der Waals surface area contributed by atoms with Crippen molar-refractivity contribution in [3.8, 4) is 0 Å². The summed E-state index contributed by atoms with van der Waals surface area (Å²) < 4.78 is 5.24. The molecule has 3 nitrogen and oxygen atoms in total. The molecule has 2 aromatic rings. The summed E-state index contributed by atoms with van der Waals surface area (Å²) in [5.41, 5.74) is 2.62. The van der Waals surface area contributed by atoms with E-state index in [1.807, 2.05) is 31.2 Å². The second-order valence-electron chi connectivity index (χ2n) is 5.39. The zero-order valence-electron chi connectivity index (χ0n) is 13.0. The molecule has 0 fully saturated rings. The highest BCUT2D eigenvalue weighted by molar-refractivity contribution is 7.16. The van der Waals surface area contributed by atoms with Gasteiger partial charge in [0.15, 0.2) is 0 Å². The number of rotatable bonds is 4. The molecule has 1 aliphatic carbocycles. The number of esters is 1. The molecule has 23 heavy (non-hydrogen) atoms. The summed E-state index contributed by atoms with van der Waals surface area (Å²) in [6, 6.07) is 7.53. The normalized spacial score (nSPS) is 14.0. The molecule has 1 aromatic carbocycles. The monoisotopic (exact) mass is 347 g/mol. The summed E-state index contributed by atoms with van der Waals surface area (Å²) >= 11 is 7.76. The lowest BCUT2D eigenvalue weighted by Crippen LogP contribution is -2.09. The minimum absolute atomic E-state index is 0.266. The molecule has 5 heteroatoms. The van der Waals surface area contributed by atoms with Gasteiger partial charge in [0, 0.05) is 21.7 Å². The van der Waals surface area contributed by atoms with E-state index in [0.717, 1.165) is 35.4 Å². The van der Waals surface area contributed by atoms with E-state index in [1.165, 1.54) is 11.3 Å². The Kier molecular flexibility index (Phi) is 5.13. The number of hydrogen-bond donors (Lipinski definition) is 0. The van der Waals surface area contributed by atoms with Crippen molar-refractivity contribution in [3.05, 3.63) is 50.9 Å². The van der Waals surface area contributed by atoms with Crippen LogP contribution in [0.4, 0.5) is 5.00 Å². The third-order valence-corrected chi connectivity index (χ3v) is 5.40. The minimum Gasteiger partial charge on any atom is -0.462 e. The molecular formula is C18H18ClNO2S. The van der Waals surface area contributed by atoms with Gasteiger partial charge in [-0.05, 0) is 44.2 Å². The topological polar surface area (TPSA) is 38.7 Å². The number of carbonyl (C=O) groups is 1. The lowest BCUT2D eigenvalue weighted by Gasteiger charge is -2.11. The van der Waals surface area contributed by atoms with Crippen molar-refractivity contribution in [1.29, 1.82) is 0 Å². The number of aliphatic imine (C=N–C) groups is 1. The number of hydrogen-bond acceptors (Lipinski definition) is 4. The molecule has 0 amide bonds. The second kappa shape index (κ2) is 7.28. The molecule has 0 N–H and O–H groups in total. The highest BCUT2D eigenvalue weighted by Gasteiger charge is 2.25. The Hall–Kier alpha value is -1.65. The summed E-state index contributed by atoms with van der Waals surface area (Å²) in [5, 5.41) is 1.38. The maximum Gasteiger partial charge on any atom is 0.341 e. The summed E-state index contributed by atoms with van der Waals surface area (Å²) in [6.45, 7) is 2.19. The summed E-state index contributed by atoms with van der Waals surface area (Å²) in [5.74, 6) is -0.266. The van der Waals surface area contributed by atoms with Gasteiger partial charge in [0.05, 0.1) is 12.2 Å². The molecule has 0 saturated heterocycles. The summed E-state index contributed by atoms with van der Waals surface area (Å²) in [7, 11) is 0. The molecule has 0 unspecified atom stereocenters. The third-order valence-electron chi connectivity index (χ3n) is 3.86. The fourth-order valence-corrected chi connectivity index (χ4v) is 4.17. The van der Waals surface area contributed by atoms with Crippen molar-refractivity contribution in [2.75, 3.05) is 6.61 Å². The fraction of sp³-hybridized carbons (Fsp3) is 0.333. The predicted molar refractivity (Wildman–Crippen MR) is 95.6 cm³/mol. The number of carbonyl (C=O) groups excluding carboxylic acids is 1. The van der Waals surface area contributed by atoms with Crippen LogP contribution in [0.25, 0.3) is 0 Å². The molecule has 0 radical (unpaired) electrons. The van der Waals surface area contributed by atoms with Gasteiger partial charge in [-0.25, -0.2) is 9.79 Å². The smallest absolute Gasteiger partial charge is 0.341 e. The van der Waals surface area contributed by atoms with Crippen LogP contribution in [-0.4, -0.2) is 18.8 Å². The molecule has 0 bridgehead atoms. The van der Waals surface area contributed by atoms with Gasteiger partial charge in [0.25, 0.3) is 0 Å². The van der Waals surface area contributed by atoms with Crippen LogP contribution >= 0.6 is 22.9 Å². The van der Waals surface area contributed by atoms with Crippen LogP contribution in [0, 0.1) is 0 Å². The first kappa shape index (κ1) is 16.2. The van der Waals surface area contributed by atoms with E-state index in [4.69, 9.17) is 16.3 Å². The van der Waals surface area contributed by atoms with Crippen molar-refractivity contribution in [2.45, 2.75) is 32.6 Å². The first-order valence-corrected chi connectivity index (χ1v) is 9.00. The maximum atomic E-state index is 12.4. The molecule has 1 heterocycles. The summed E-state index contributed by atoms with van der Waals surface area (Å²) in [4.78, 5) is 18.2. The minimum atomic E-state index is -0.266. The van der Waals surface area contributed by atoms with Crippen LogP contribution in [0.1, 0.15) is 46.1 Å². The Labute approximate surface area is 145 Å². The average molecular weight is 348 g/mol. The van der Waals surface area contributed by atoms with Crippen LogP contribution in [-0.2, 0) is 17.6 Å². The molecule has 3 rings (SSSR count). The Morgan fingerprint density at radius 1 is 1.35 bits per heavy atom.